The van der Waals surface area contributed by atoms with Gasteiger partial charge in [-0.1, -0.05) is 30.3 Å². The Hall–Kier alpha value is -1.72. The van der Waals surface area contributed by atoms with E-state index in [1.54, 1.807) is 6.20 Å². The van der Waals surface area contributed by atoms with Crippen LogP contribution < -0.4 is 0 Å². The quantitative estimate of drug-likeness (QED) is 0.682. The first-order chi connectivity index (χ1) is 11.8. The van der Waals surface area contributed by atoms with Gasteiger partial charge in [0.15, 0.2) is 0 Å². The van der Waals surface area contributed by atoms with Gasteiger partial charge in [0.05, 0.1) is 5.69 Å². The summed E-state index contributed by atoms with van der Waals surface area (Å²) in [5, 5.41) is 0. The summed E-state index contributed by atoms with van der Waals surface area (Å²) in [6.45, 7) is 3.18. The van der Waals surface area contributed by atoms with Gasteiger partial charge in [-0.25, -0.2) is 9.97 Å². The molecule has 1 aliphatic heterocycles. The Labute approximate surface area is 150 Å². The van der Waals surface area contributed by atoms with Crippen molar-refractivity contribution in [1.82, 2.24) is 19.3 Å². The van der Waals surface area contributed by atoms with Gasteiger partial charge in [-0.05, 0) is 65.8 Å². The molecule has 4 rings (SSSR count). The first-order valence-corrected chi connectivity index (χ1v) is 9.32. The van der Waals surface area contributed by atoms with Crippen LogP contribution in [0, 0.1) is 5.92 Å². The molecule has 0 saturated carbocycles. The van der Waals surface area contributed by atoms with Crippen molar-refractivity contribution in [1.29, 1.82) is 0 Å². The molecule has 5 heteroatoms. The molecule has 124 valence electrons. The normalized spacial score (nSPS) is 16.7. The van der Waals surface area contributed by atoms with Crippen LogP contribution in [0.2, 0.25) is 0 Å². The Morgan fingerprint density at radius 3 is 2.62 bits per heavy atom. The summed E-state index contributed by atoms with van der Waals surface area (Å²) in [5.41, 5.74) is 2.54. The Bertz CT molecular complexity index is 807. The minimum absolute atomic E-state index is 0.762. The van der Waals surface area contributed by atoms with Gasteiger partial charge >= 0.3 is 0 Å². The summed E-state index contributed by atoms with van der Waals surface area (Å²) in [6.07, 6.45) is 7.51. The van der Waals surface area contributed by atoms with Gasteiger partial charge in [0.1, 0.15) is 4.60 Å². The first-order valence-electron chi connectivity index (χ1n) is 8.53. The van der Waals surface area contributed by atoms with E-state index in [-0.39, 0.29) is 0 Å². The highest BCUT2D eigenvalue weighted by atomic mass is 79.9. The molecule has 4 nitrogen and oxygen atoms in total. The number of halogens is 1. The number of piperidine rings is 1. The molecule has 0 unspecified atom stereocenters. The van der Waals surface area contributed by atoms with Crippen LogP contribution >= 0.6 is 15.9 Å². The minimum Gasteiger partial charge on any atom is -0.297 e. The van der Waals surface area contributed by atoms with Crippen molar-refractivity contribution >= 4 is 21.7 Å². The van der Waals surface area contributed by atoms with Crippen LogP contribution in [0.15, 0.2) is 53.4 Å². The molecule has 24 heavy (non-hydrogen) atoms. The van der Waals surface area contributed by atoms with E-state index in [9.17, 15) is 0 Å². The zero-order chi connectivity index (χ0) is 16.4. The lowest BCUT2D eigenvalue weighted by Gasteiger charge is -2.31. The molecule has 1 saturated heterocycles. The largest absolute Gasteiger partial charge is 0.297 e. The highest BCUT2D eigenvalue weighted by Crippen LogP contribution is 2.25. The number of hydrogen-bond donors (Lipinski definition) is 0. The Balaban J connectivity index is 1.36. The SMILES string of the molecule is Brc1c(CN2CCC(Cc3ccccc3)CC2)nc2ncccn12. The van der Waals surface area contributed by atoms with Gasteiger partial charge < -0.3 is 0 Å². The van der Waals surface area contributed by atoms with Gasteiger partial charge in [0, 0.05) is 18.9 Å². The number of imidazole rings is 1. The van der Waals surface area contributed by atoms with Crippen molar-refractivity contribution < 1.29 is 0 Å². The average molecular weight is 385 g/mol. The lowest BCUT2D eigenvalue weighted by molar-refractivity contribution is 0.175. The highest BCUT2D eigenvalue weighted by Gasteiger charge is 2.21. The molecular formula is C19H21BrN4. The number of fused-ring (bicyclic) bond motifs is 1. The lowest BCUT2D eigenvalue weighted by atomic mass is 9.90. The van der Waals surface area contributed by atoms with Crippen LogP contribution in [0.4, 0.5) is 0 Å². The number of likely N-dealkylation sites (tertiary alicyclic amines) is 1. The van der Waals surface area contributed by atoms with E-state index >= 15 is 0 Å². The fraction of sp³-hybridized carbons (Fsp3) is 0.368. The van der Waals surface area contributed by atoms with E-state index in [0.717, 1.165) is 41.6 Å². The maximum atomic E-state index is 4.66. The third-order valence-corrected chi connectivity index (χ3v) is 5.70. The van der Waals surface area contributed by atoms with Gasteiger partial charge in [-0.3, -0.25) is 9.30 Å². The maximum Gasteiger partial charge on any atom is 0.234 e. The van der Waals surface area contributed by atoms with E-state index in [4.69, 9.17) is 0 Å². The molecule has 0 amide bonds. The molecule has 0 bridgehead atoms. The van der Waals surface area contributed by atoms with Gasteiger partial charge in [-0.15, -0.1) is 0 Å². The first kappa shape index (κ1) is 15.8. The molecule has 0 radical (unpaired) electrons. The summed E-state index contributed by atoms with van der Waals surface area (Å²) in [7, 11) is 0. The molecule has 3 heterocycles. The molecule has 3 aromatic rings. The third-order valence-electron chi connectivity index (χ3n) is 4.86. The second-order valence-electron chi connectivity index (χ2n) is 6.55. The Morgan fingerprint density at radius 2 is 1.88 bits per heavy atom. The Morgan fingerprint density at radius 1 is 1.08 bits per heavy atom. The fourth-order valence-corrected chi connectivity index (χ4v) is 4.00. The van der Waals surface area contributed by atoms with Crippen molar-refractivity contribution in [3.05, 3.63) is 64.7 Å². The number of nitrogens with zero attached hydrogens (tertiary/aromatic N) is 4. The molecular weight excluding hydrogens is 364 g/mol. The van der Waals surface area contributed by atoms with Crippen molar-refractivity contribution in [2.24, 2.45) is 5.92 Å². The second kappa shape index (κ2) is 7.03. The number of benzene rings is 1. The predicted molar refractivity (Wildman–Crippen MR) is 98.8 cm³/mol. The van der Waals surface area contributed by atoms with E-state index in [2.05, 4.69) is 61.1 Å². The van der Waals surface area contributed by atoms with Gasteiger partial charge in [-0.2, -0.15) is 0 Å². The van der Waals surface area contributed by atoms with Crippen molar-refractivity contribution in [3.63, 3.8) is 0 Å². The Kier molecular flexibility index (Phi) is 4.63. The highest BCUT2D eigenvalue weighted by molar-refractivity contribution is 9.10. The number of hydrogen-bond acceptors (Lipinski definition) is 3. The molecule has 2 aromatic heterocycles. The van der Waals surface area contributed by atoms with Gasteiger partial charge in [0.2, 0.25) is 5.78 Å². The molecule has 1 fully saturated rings. The zero-order valence-corrected chi connectivity index (χ0v) is 15.2. The molecule has 0 aliphatic carbocycles. The van der Waals surface area contributed by atoms with Crippen LogP contribution in [0.1, 0.15) is 24.1 Å². The standard InChI is InChI=1S/C19H21BrN4/c20-18-17(22-19-21-9-4-10-24(18)19)14-23-11-7-16(8-12-23)13-15-5-2-1-3-6-15/h1-6,9-10,16H,7-8,11-14H2. The summed E-state index contributed by atoms with van der Waals surface area (Å²) >= 11 is 3.67. The van der Waals surface area contributed by atoms with E-state index in [1.807, 2.05) is 16.7 Å². The molecule has 1 aromatic carbocycles. The third kappa shape index (κ3) is 3.37. The van der Waals surface area contributed by atoms with Crippen molar-refractivity contribution in [2.75, 3.05) is 13.1 Å². The van der Waals surface area contributed by atoms with Crippen LogP contribution in [0.5, 0.6) is 0 Å². The van der Waals surface area contributed by atoms with Gasteiger partial charge in [0.25, 0.3) is 0 Å². The summed E-state index contributed by atoms with van der Waals surface area (Å²) < 4.78 is 3.02. The molecule has 0 spiro atoms. The van der Waals surface area contributed by atoms with Crippen LogP contribution in [0.25, 0.3) is 5.78 Å². The minimum atomic E-state index is 0.762. The molecule has 0 N–H and O–H groups in total. The fourth-order valence-electron chi connectivity index (χ4n) is 3.51. The van der Waals surface area contributed by atoms with E-state index < -0.39 is 0 Å². The van der Waals surface area contributed by atoms with Crippen molar-refractivity contribution in [3.8, 4) is 0 Å². The second-order valence-corrected chi connectivity index (χ2v) is 7.30. The van der Waals surface area contributed by atoms with Crippen molar-refractivity contribution in [2.45, 2.75) is 25.8 Å². The summed E-state index contributed by atoms with van der Waals surface area (Å²) in [4.78, 5) is 11.5. The summed E-state index contributed by atoms with van der Waals surface area (Å²) in [6, 6.07) is 12.8. The smallest absolute Gasteiger partial charge is 0.234 e. The topological polar surface area (TPSA) is 33.4 Å². The molecule has 0 atom stereocenters. The van der Waals surface area contributed by atoms with E-state index in [1.165, 1.54) is 24.8 Å². The van der Waals surface area contributed by atoms with Crippen LogP contribution in [-0.2, 0) is 13.0 Å². The monoisotopic (exact) mass is 384 g/mol. The predicted octanol–water partition coefficient (Wildman–Crippen LogP) is 3.95. The number of rotatable bonds is 4. The lowest BCUT2D eigenvalue weighted by Crippen LogP contribution is -2.34. The summed E-state index contributed by atoms with van der Waals surface area (Å²) in [5.74, 6) is 1.56. The maximum absolute atomic E-state index is 4.66. The van der Waals surface area contributed by atoms with Crippen LogP contribution in [0.3, 0.4) is 0 Å². The molecule has 1 aliphatic rings. The van der Waals surface area contributed by atoms with E-state index in [0.29, 0.717) is 0 Å². The van der Waals surface area contributed by atoms with Crippen LogP contribution in [-0.4, -0.2) is 32.4 Å². The number of aromatic nitrogens is 3. The zero-order valence-electron chi connectivity index (χ0n) is 13.6. The average Bonchev–Trinajstić information content (AvgIpc) is 2.94.